The first-order valence-corrected chi connectivity index (χ1v) is 7.56. The lowest BCUT2D eigenvalue weighted by Crippen LogP contribution is -2.54. The Kier molecular flexibility index (Phi) is 4.16. The fourth-order valence-electron chi connectivity index (χ4n) is 3.51. The van der Waals surface area contributed by atoms with E-state index in [-0.39, 0.29) is 17.9 Å². The minimum absolute atomic E-state index is 0.0363. The van der Waals surface area contributed by atoms with E-state index in [1.54, 1.807) is 0 Å². The van der Waals surface area contributed by atoms with Gasteiger partial charge in [-0.05, 0) is 38.5 Å². The molecule has 0 aliphatic heterocycles. The van der Waals surface area contributed by atoms with E-state index in [0.717, 1.165) is 44.9 Å². The average Bonchev–Trinajstić information content (AvgIpc) is 2.35. The van der Waals surface area contributed by atoms with E-state index in [9.17, 15) is 14.7 Å². The highest BCUT2D eigenvalue weighted by molar-refractivity contribution is 5.85. The first kappa shape index (κ1) is 14.4. The van der Waals surface area contributed by atoms with Crippen LogP contribution in [0.3, 0.4) is 0 Å². The second-order valence-corrected chi connectivity index (χ2v) is 6.36. The van der Waals surface area contributed by atoms with Crippen LogP contribution < -0.4 is 5.32 Å². The van der Waals surface area contributed by atoms with Crippen LogP contribution >= 0.6 is 0 Å². The molecule has 0 unspecified atom stereocenters. The van der Waals surface area contributed by atoms with Gasteiger partial charge in [-0.2, -0.15) is 0 Å². The maximum atomic E-state index is 12.2. The van der Waals surface area contributed by atoms with Gasteiger partial charge in [-0.3, -0.25) is 9.59 Å². The van der Waals surface area contributed by atoms with Crippen molar-refractivity contribution in [3.8, 4) is 0 Å². The maximum absolute atomic E-state index is 12.2. The molecule has 0 aromatic carbocycles. The van der Waals surface area contributed by atoms with Crippen molar-refractivity contribution in [3.63, 3.8) is 0 Å². The summed E-state index contributed by atoms with van der Waals surface area (Å²) in [5, 5.41) is 12.6. The molecule has 0 saturated heterocycles. The predicted molar refractivity (Wildman–Crippen MR) is 72.8 cm³/mol. The van der Waals surface area contributed by atoms with E-state index in [2.05, 4.69) is 12.2 Å². The number of carboxylic acids is 1. The smallest absolute Gasteiger partial charge is 0.310 e. The Morgan fingerprint density at radius 2 is 1.68 bits per heavy atom. The van der Waals surface area contributed by atoms with Crippen LogP contribution in [0, 0.1) is 5.41 Å². The Morgan fingerprint density at radius 3 is 2.11 bits per heavy atom. The molecule has 0 bridgehead atoms. The van der Waals surface area contributed by atoms with Crippen molar-refractivity contribution in [2.45, 2.75) is 76.7 Å². The van der Waals surface area contributed by atoms with Crippen LogP contribution in [-0.4, -0.2) is 22.5 Å². The number of aliphatic carboxylic acids is 1. The van der Waals surface area contributed by atoms with Gasteiger partial charge in [0.15, 0.2) is 0 Å². The monoisotopic (exact) mass is 267 g/mol. The Balaban J connectivity index is 1.97. The SMILES string of the molecule is CCC1(NC(=O)CC2(C(=O)O)CCCCC2)CCC1. The summed E-state index contributed by atoms with van der Waals surface area (Å²) in [6.45, 7) is 2.09. The highest BCUT2D eigenvalue weighted by Gasteiger charge is 2.43. The zero-order chi connectivity index (χ0) is 13.9. The highest BCUT2D eigenvalue weighted by atomic mass is 16.4. The van der Waals surface area contributed by atoms with Crippen LogP contribution in [0.5, 0.6) is 0 Å². The molecule has 2 aliphatic carbocycles. The van der Waals surface area contributed by atoms with Gasteiger partial charge in [-0.15, -0.1) is 0 Å². The summed E-state index contributed by atoms with van der Waals surface area (Å²) in [7, 11) is 0. The minimum Gasteiger partial charge on any atom is -0.481 e. The normalized spacial score (nSPS) is 24.3. The highest BCUT2D eigenvalue weighted by Crippen LogP contribution is 2.40. The second kappa shape index (κ2) is 5.51. The topological polar surface area (TPSA) is 66.4 Å². The van der Waals surface area contributed by atoms with Crippen molar-refractivity contribution >= 4 is 11.9 Å². The van der Waals surface area contributed by atoms with E-state index >= 15 is 0 Å². The van der Waals surface area contributed by atoms with E-state index in [0.29, 0.717) is 12.8 Å². The molecule has 2 N–H and O–H groups in total. The molecular formula is C15H25NO3. The third-order valence-corrected chi connectivity index (χ3v) is 5.16. The fourth-order valence-corrected chi connectivity index (χ4v) is 3.51. The van der Waals surface area contributed by atoms with Crippen LogP contribution in [-0.2, 0) is 9.59 Å². The molecule has 2 aliphatic rings. The van der Waals surface area contributed by atoms with Gasteiger partial charge in [-0.1, -0.05) is 26.2 Å². The lowest BCUT2D eigenvalue weighted by Gasteiger charge is -2.43. The maximum Gasteiger partial charge on any atom is 0.310 e. The Morgan fingerprint density at radius 1 is 1.05 bits per heavy atom. The van der Waals surface area contributed by atoms with Gasteiger partial charge in [0.05, 0.1) is 5.41 Å². The van der Waals surface area contributed by atoms with Crippen LogP contribution in [0.1, 0.15) is 71.1 Å². The molecule has 0 heterocycles. The first-order valence-electron chi connectivity index (χ1n) is 7.56. The minimum atomic E-state index is -0.805. The molecule has 0 radical (unpaired) electrons. The van der Waals surface area contributed by atoms with Crippen LogP contribution in [0.4, 0.5) is 0 Å². The molecule has 4 heteroatoms. The zero-order valence-electron chi connectivity index (χ0n) is 11.8. The van der Waals surface area contributed by atoms with Crippen LogP contribution in [0.2, 0.25) is 0 Å². The van der Waals surface area contributed by atoms with E-state index in [1.807, 2.05) is 0 Å². The average molecular weight is 267 g/mol. The summed E-state index contributed by atoms with van der Waals surface area (Å²) in [5.74, 6) is -0.854. The molecule has 108 valence electrons. The summed E-state index contributed by atoms with van der Waals surface area (Å²) in [4.78, 5) is 23.8. The molecule has 2 rings (SSSR count). The van der Waals surface area contributed by atoms with Gasteiger partial charge in [0.1, 0.15) is 0 Å². The van der Waals surface area contributed by atoms with E-state index in [1.165, 1.54) is 0 Å². The number of carboxylic acid groups (broad SMARTS) is 1. The number of hydrogen-bond acceptors (Lipinski definition) is 2. The summed E-state index contributed by atoms with van der Waals surface area (Å²) in [6, 6.07) is 0. The molecular weight excluding hydrogens is 242 g/mol. The van der Waals surface area contributed by atoms with Gasteiger partial charge in [0, 0.05) is 12.0 Å². The number of amides is 1. The molecule has 0 aromatic heterocycles. The van der Waals surface area contributed by atoms with Crippen molar-refractivity contribution in [2.75, 3.05) is 0 Å². The predicted octanol–water partition coefficient (Wildman–Crippen LogP) is 2.86. The number of nitrogens with one attached hydrogen (secondary N) is 1. The number of rotatable bonds is 5. The van der Waals surface area contributed by atoms with Gasteiger partial charge < -0.3 is 10.4 Å². The van der Waals surface area contributed by atoms with Crippen LogP contribution in [0.25, 0.3) is 0 Å². The van der Waals surface area contributed by atoms with Gasteiger partial charge >= 0.3 is 5.97 Å². The van der Waals surface area contributed by atoms with Gasteiger partial charge in [-0.25, -0.2) is 0 Å². The largest absolute Gasteiger partial charge is 0.481 e. The van der Waals surface area contributed by atoms with Crippen molar-refractivity contribution < 1.29 is 14.7 Å². The number of hydrogen-bond donors (Lipinski definition) is 2. The molecule has 2 fully saturated rings. The summed E-state index contributed by atoms with van der Waals surface area (Å²) >= 11 is 0. The van der Waals surface area contributed by atoms with Crippen molar-refractivity contribution in [1.29, 1.82) is 0 Å². The standard InChI is InChI=1S/C15H25NO3/c1-2-15(9-6-10-15)16-12(17)11-14(13(18)19)7-4-3-5-8-14/h2-11H2,1H3,(H,16,17)(H,18,19). The summed E-state index contributed by atoms with van der Waals surface area (Å²) < 4.78 is 0. The lowest BCUT2D eigenvalue weighted by atomic mass is 9.70. The lowest BCUT2D eigenvalue weighted by molar-refractivity contribution is -0.154. The third kappa shape index (κ3) is 2.93. The molecule has 4 nitrogen and oxygen atoms in total. The van der Waals surface area contributed by atoms with Gasteiger partial charge in [0.25, 0.3) is 0 Å². The molecule has 0 atom stereocenters. The van der Waals surface area contributed by atoms with E-state index < -0.39 is 11.4 Å². The Hall–Kier alpha value is -1.06. The van der Waals surface area contributed by atoms with Crippen molar-refractivity contribution in [1.82, 2.24) is 5.32 Å². The Labute approximate surface area is 115 Å². The first-order chi connectivity index (χ1) is 9.02. The number of carbonyl (C=O) groups excluding carboxylic acids is 1. The van der Waals surface area contributed by atoms with E-state index in [4.69, 9.17) is 0 Å². The molecule has 1 amide bonds. The summed E-state index contributed by atoms with van der Waals surface area (Å²) in [6.07, 6.45) is 8.59. The van der Waals surface area contributed by atoms with Crippen LogP contribution in [0.15, 0.2) is 0 Å². The molecule has 0 spiro atoms. The Bertz CT molecular complexity index is 349. The molecule has 0 aromatic rings. The number of carbonyl (C=O) groups is 2. The van der Waals surface area contributed by atoms with Gasteiger partial charge in [0.2, 0.25) is 5.91 Å². The molecule has 19 heavy (non-hydrogen) atoms. The van der Waals surface area contributed by atoms with Crippen molar-refractivity contribution in [3.05, 3.63) is 0 Å². The quantitative estimate of drug-likeness (QED) is 0.805. The molecule has 2 saturated carbocycles. The zero-order valence-corrected chi connectivity index (χ0v) is 11.8. The third-order valence-electron chi connectivity index (χ3n) is 5.16. The van der Waals surface area contributed by atoms with Crippen molar-refractivity contribution in [2.24, 2.45) is 5.41 Å². The summed E-state index contributed by atoms with van der Waals surface area (Å²) in [5.41, 5.74) is -0.841. The second-order valence-electron chi connectivity index (χ2n) is 6.36. The fraction of sp³-hybridized carbons (Fsp3) is 0.867.